The van der Waals surface area contributed by atoms with Crippen molar-refractivity contribution in [2.45, 2.75) is 310 Å². The van der Waals surface area contributed by atoms with Gasteiger partial charge in [-0.1, -0.05) is 200 Å². The number of rotatable bonds is 53. The van der Waals surface area contributed by atoms with Gasteiger partial charge in [-0.3, -0.25) is 14.4 Å². The lowest BCUT2D eigenvalue weighted by molar-refractivity contribution is -0.151. The Morgan fingerprint density at radius 2 is 0.863 bits per heavy atom. The molecule has 426 valence electrons. The summed E-state index contributed by atoms with van der Waals surface area (Å²) in [7, 11) is 0. The molecule has 0 aliphatic carbocycles. The molecule has 0 radical (unpaired) electrons. The summed E-state index contributed by atoms with van der Waals surface area (Å²) in [6.45, 7) is 12.8. The molecule has 0 spiro atoms. The highest BCUT2D eigenvalue weighted by molar-refractivity contribution is 5.70. The number of esters is 3. The fourth-order valence-corrected chi connectivity index (χ4v) is 9.75. The minimum Gasteiger partial charge on any atom is -0.465 e. The molecule has 3 atom stereocenters. The molecule has 0 bridgehead atoms. The number of allylic oxidation sites excluding steroid dienone is 4. The molecule has 1 aliphatic rings. The standard InChI is InChI=1S/C63H116N2O8/c1-5-9-13-16-19-20-21-22-23-24-25-26-28-34-39-47-60(66)70-55-57(56-71-61(67)50-49-59(44-12-8-4)73-63(69)64-51-54-65-52-41-42-53-65)43-36-31-29-30-35-40-48-62(68)72-58(45-37-32-18-15-11-7-3)46-38-33-27-17-14-10-6-2/h19-20,22-23,57-59H,5-18,21,24-56H2,1-4H3,(H,64,69)/b20-19-,23-22-. The van der Waals surface area contributed by atoms with Gasteiger partial charge in [-0.25, -0.2) is 4.79 Å². The van der Waals surface area contributed by atoms with E-state index in [1.807, 2.05) is 0 Å². The van der Waals surface area contributed by atoms with Gasteiger partial charge in [-0.15, -0.1) is 0 Å². The monoisotopic (exact) mass is 1030 g/mol. The highest BCUT2D eigenvalue weighted by Crippen LogP contribution is 2.21. The van der Waals surface area contributed by atoms with Crippen molar-refractivity contribution in [2.75, 3.05) is 39.4 Å². The van der Waals surface area contributed by atoms with Crippen LogP contribution in [0.1, 0.15) is 297 Å². The van der Waals surface area contributed by atoms with Gasteiger partial charge < -0.3 is 29.2 Å². The number of nitrogens with one attached hydrogen (secondary N) is 1. The predicted molar refractivity (Wildman–Crippen MR) is 305 cm³/mol. The van der Waals surface area contributed by atoms with Crippen molar-refractivity contribution in [1.29, 1.82) is 0 Å². The minimum absolute atomic E-state index is 0.0286. The van der Waals surface area contributed by atoms with Crippen LogP contribution in [0.5, 0.6) is 0 Å². The van der Waals surface area contributed by atoms with E-state index in [4.69, 9.17) is 18.9 Å². The van der Waals surface area contributed by atoms with E-state index in [0.29, 0.717) is 32.2 Å². The van der Waals surface area contributed by atoms with Gasteiger partial charge >= 0.3 is 24.0 Å². The Kier molecular flexibility index (Phi) is 49.1. The van der Waals surface area contributed by atoms with Crippen LogP contribution in [-0.2, 0) is 33.3 Å². The van der Waals surface area contributed by atoms with E-state index < -0.39 is 6.09 Å². The van der Waals surface area contributed by atoms with E-state index in [0.717, 1.165) is 135 Å². The van der Waals surface area contributed by atoms with Gasteiger partial charge in [0.15, 0.2) is 0 Å². The molecule has 1 rings (SSSR count). The number of hydrogen-bond acceptors (Lipinski definition) is 9. The summed E-state index contributed by atoms with van der Waals surface area (Å²) < 4.78 is 23.5. The highest BCUT2D eigenvalue weighted by Gasteiger charge is 2.20. The summed E-state index contributed by atoms with van der Waals surface area (Å²) in [5, 5.41) is 2.89. The smallest absolute Gasteiger partial charge is 0.407 e. The Morgan fingerprint density at radius 1 is 0.438 bits per heavy atom. The number of unbranched alkanes of at least 4 members (excludes halogenated alkanes) is 25. The van der Waals surface area contributed by atoms with Gasteiger partial charge in [-0.05, 0) is 116 Å². The third-order valence-corrected chi connectivity index (χ3v) is 14.6. The Bertz CT molecular complexity index is 1330. The number of alkyl carbamates (subject to hydrolysis) is 1. The first-order chi connectivity index (χ1) is 35.8. The number of carbonyl (C=O) groups is 4. The molecular weight excluding hydrogens is 913 g/mol. The maximum absolute atomic E-state index is 13.1. The third kappa shape index (κ3) is 46.2. The van der Waals surface area contributed by atoms with E-state index in [1.165, 1.54) is 122 Å². The molecule has 1 fully saturated rings. The Balaban J connectivity index is 2.55. The molecule has 10 heteroatoms. The molecule has 1 saturated heterocycles. The average Bonchev–Trinajstić information content (AvgIpc) is 3.91. The van der Waals surface area contributed by atoms with Crippen LogP contribution in [0.15, 0.2) is 24.3 Å². The van der Waals surface area contributed by atoms with Crippen molar-refractivity contribution >= 4 is 24.0 Å². The molecule has 73 heavy (non-hydrogen) atoms. The summed E-state index contributed by atoms with van der Waals surface area (Å²) in [5.74, 6) is -0.599. The minimum atomic E-state index is -0.422. The van der Waals surface area contributed by atoms with Gasteiger partial charge in [0, 0.05) is 38.3 Å². The number of amides is 1. The third-order valence-electron chi connectivity index (χ3n) is 14.6. The topological polar surface area (TPSA) is 120 Å². The lowest BCUT2D eigenvalue weighted by Crippen LogP contribution is -2.35. The molecule has 0 aromatic rings. The van der Waals surface area contributed by atoms with Crippen molar-refractivity contribution in [2.24, 2.45) is 5.92 Å². The lowest BCUT2D eigenvalue weighted by atomic mass is 10.0. The zero-order chi connectivity index (χ0) is 52.9. The van der Waals surface area contributed by atoms with Crippen molar-refractivity contribution in [1.82, 2.24) is 10.2 Å². The number of ether oxygens (including phenoxy) is 4. The Labute approximate surface area is 449 Å². The molecule has 10 nitrogen and oxygen atoms in total. The second-order valence-corrected chi connectivity index (χ2v) is 21.6. The highest BCUT2D eigenvalue weighted by atomic mass is 16.6. The maximum atomic E-state index is 13.1. The molecule has 1 aliphatic heterocycles. The molecule has 0 aromatic carbocycles. The Morgan fingerprint density at radius 3 is 1.42 bits per heavy atom. The summed E-state index contributed by atoms with van der Waals surface area (Å²) in [6, 6.07) is 0. The molecule has 0 aromatic heterocycles. The largest absolute Gasteiger partial charge is 0.465 e. The van der Waals surface area contributed by atoms with Crippen LogP contribution in [0.2, 0.25) is 0 Å². The second-order valence-electron chi connectivity index (χ2n) is 21.6. The van der Waals surface area contributed by atoms with E-state index in [1.54, 1.807) is 0 Å². The summed E-state index contributed by atoms with van der Waals surface area (Å²) in [6.07, 6.45) is 52.7. The molecule has 1 heterocycles. The van der Waals surface area contributed by atoms with Crippen LogP contribution in [0.4, 0.5) is 4.79 Å². The Hall–Kier alpha value is -2.88. The van der Waals surface area contributed by atoms with Crippen molar-refractivity contribution in [3.8, 4) is 0 Å². The first kappa shape index (κ1) is 68.1. The molecule has 1 N–H and O–H groups in total. The maximum Gasteiger partial charge on any atom is 0.407 e. The van der Waals surface area contributed by atoms with Crippen LogP contribution < -0.4 is 5.32 Å². The summed E-state index contributed by atoms with van der Waals surface area (Å²) in [5.41, 5.74) is 0. The van der Waals surface area contributed by atoms with E-state index >= 15 is 0 Å². The van der Waals surface area contributed by atoms with Crippen LogP contribution in [0.25, 0.3) is 0 Å². The van der Waals surface area contributed by atoms with Crippen molar-refractivity contribution in [3.63, 3.8) is 0 Å². The quantitative estimate of drug-likeness (QED) is 0.0275. The number of carbonyl (C=O) groups excluding carboxylic acids is 4. The first-order valence-corrected chi connectivity index (χ1v) is 31.3. The first-order valence-electron chi connectivity index (χ1n) is 31.3. The molecule has 0 saturated carbocycles. The fourth-order valence-electron chi connectivity index (χ4n) is 9.75. The van der Waals surface area contributed by atoms with Gasteiger partial charge in [0.05, 0.1) is 13.2 Å². The van der Waals surface area contributed by atoms with Crippen molar-refractivity contribution in [3.05, 3.63) is 24.3 Å². The number of hydrogen-bond donors (Lipinski definition) is 1. The second kappa shape index (κ2) is 52.6. The fraction of sp³-hybridized carbons (Fsp3) is 0.873. The van der Waals surface area contributed by atoms with Gasteiger partial charge in [0.2, 0.25) is 0 Å². The summed E-state index contributed by atoms with van der Waals surface area (Å²) in [4.78, 5) is 53.9. The van der Waals surface area contributed by atoms with E-state index in [-0.39, 0.29) is 55.7 Å². The zero-order valence-electron chi connectivity index (χ0n) is 48.2. The normalized spacial score (nSPS) is 14.2. The van der Waals surface area contributed by atoms with Gasteiger partial charge in [0.25, 0.3) is 0 Å². The van der Waals surface area contributed by atoms with Crippen molar-refractivity contribution < 1.29 is 38.1 Å². The van der Waals surface area contributed by atoms with Gasteiger partial charge in [0.1, 0.15) is 12.2 Å². The number of likely N-dealkylation sites (tertiary alicyclic amines) is 1. The molecule has 3 unspecified atom stereocenters. The van der Waals surface area contributed by atoms with Crippen LogP contribution in [-0.4, -0.2) is 80.5 Å². The van der Waals surface area contributed by atoms with Crippen LogP contribution >= 0.6 is 0 Å². The zero-order valence-corrected chi connectivity index (χ0v) is 48.2. The van der Waals surface area contributed by atoms with E-state index in [9.17, 15) is 19.2 Å². The molecule has 1 amide bonds. The summed E-state index contributed by atoms with van der Waals surface area (Å²) >= 11 is 0. The van der Waals surface area contributed by atoms with Crippen LogP contribution in [0.3, 0.4) is 0 Å². The SMILES string of the molecule is CCCCC/C=C\C/C=C\CCCCCCCC(=O)OCC(CCCCCCCCC(=O)OC(CCCCCCCC)CCCCCCCCC)COC(=O)CCC(CCCC)OC(=O)NCCN1CCCC1. The van der Waals surface area contributed by atoms with Gasteiger partial charge in [-0.2, -0.15) is 0 Å². The van der Waals surface area contributed by atoms with Crippen LogP contribution in [0, 0.1) is 5.92 Å². The van der Waals surface area contributed by atoms with E-state index in [2.05, 4.69) is 62.2 Å². The predicted octanol–water partition coefficient (Wildman–Crippen LogP) is 17.6. The molecular formula is C63H116N2O8. The number of nitrogens with zero attached hydrogens (tertiary/aromatic N) is 1. The average molecular weight is 1030 g/mol. The lowest BCUT2D eigenvalue weighted by Gasteiger charge is -2.20.